The van der Waals surface area contributed by atoms with Crippen LogP contribution < -0.4 is 15.5 Å². The Morgan fingerprint density at radius 1 is 0.972 bits per heavy atom. The van der Waals surface area contributed by atoms with E-state index in [-0.39, 0.29) is 16.4 Å². The Kier molecular flexibility index (Phi) is 8.37. The summed E-state index contributed by atoms with van der Waals surface area (Å²) in [5, 5.41) is 17.9. The molecule has 1 saturated heterocycles. The molecule has 0 aromatic heterocycles. The average molecular weight is 544 g/mol. The minimum atomic E-state index is -0.669. The summed E-state index contributed by atoms with van der Waals surface area (Å²) < 4.78 is 0. The second kappa shape index (κ2) is 11.7. The Hall–Kier alpha value is -3.24. The van der Waals surface area contributed by atoms with Crippen molar-refractivity contribution in [3.63, 3.8) is 0 Å². The predicted octanol–water partition coefficient (Wildman–Crippen LogP) is 5.35. The van der Waals surface area contributed by atoms with E-state index in [0.717, 1.165) is 49.0 Å². The zero-order chi connectivity index (χ0) is 25.7. The van der Waals surface area contributed by atoms with Crippen molar-refractivity contribution in [1.82, 2.24) is 10.2 Å². The smallest absolute Gasteiger partial charge is 0.282 e. The van der Waals surface area contributed by atoms with Crippen molar-refractivity contribution in [2.75, 3.05) is 36.4 Å². The van der Waals surface area contributed by atoms with Gasteiger partial charge in [0.1, 0.15) is 5.56 Å². The van der Waals surface area contributed by atoms with Gasteiger partial charge in [0, 0.05) is 49.5 Å². The normalized spacial score (nSPS) is 13.8. The summed E-state index contributed by atoms with van der Waals surface area (Å²) in [7, 11) is 0. The second-order valence-electron chi connectivity index (χ2n) is 8.20. The van der Waals surface area contributed by atoms with Gasteiger partial charge in [0.2, 0.25) is 0 Å². The number of carbonyl (C=O) groups is 1. The molecule has 1 aliphatic heterocycles. The first-order valence-electron chi connectivity index (χ1n) is 11.2. The summed E-state index contributed by atoms with van der Waals surface area (Å²) in [5.74, 6) is -0.669. The van der Waals surface area contributed by atoms with Gasteiger partial charge in [0.05, 0.1) is 15.6 Å². The van der Waals surface area contributed by atoms with Gasteiger partial charge in [0.25, 0.3) is 11.6 Å². The zero-order valence-corrected chi connectivity index (χ0v) is 21.4. The summed E-state index contributed by atoms with van der Waals surface area (Å²) in [4.78, 5) is 27.6. The molecule has 3 aromatic carbocycles. The fourth-order valence-corrected chi connectivity index (χ4v) is 4.72. The van der Waals surface area contributed by atoms with E-state index in [2.05, 4.69) is 20.4 Å². The monoisotopic (exact) mass is 543 g/mol. The number of nitrogens with one attached hydrogen (secondary N) is 2. The standard InChI is InChI=1S/C25H23Cl2N5O3S/c26-20-7-3-1-5-17(20)16-30-11-13-31(14-12-30)23-10-9-18(15-21(23)27)28-25(36)29-24(33)19-6-2-4-8-22(19)32(34)35/h1-10,15H,11-14,16H2,(H2,28,29,33,36). The molecule has 2 N–H and O–H groups in total. The summed E-state index contributed by atoms with van der Waals surface area (Å²) in [6, 6.07) is 19.0. The van der Waals surface area contributed by atoms with Crippen molar-refractivity contribution in [2.24, 2.45) is 0 Å². The molecule has 1 aliphatic rings. The molecule has 0 spiro atoms. The van der Waals surface area contributed by atoms with Crippen LogP contribution in [-0.2, 0) is 6.54 Å². The molecule has 3 aromatic rings. The molecule has 0 aliphatic carbocycles. The molecule has 186 valence electrons. The second-order valence-corrected chi connectivity index (χ2v) is 9.43. The van der Waals surface area contributed by atoms with Crippen LogP contribution in [0.2, 0.25) is 10.0 Å². The number of nitro benzene ring substituents is 1. The first kappa shape index (κ1) is 25.8. The van der Waals surface area contributed by atoms with Crippen molar-refractivity contribution >= 4 is 63.5 Å². The highest BCUT2D eigenvalue weighted by Crippen LogP contribution is 2.30. The average Bonchev–Trinajstić information content (AvgIpc) is 2.86. The number of anilines is 2. The minimum Gasteiger partial charge on any atom is -0.368 e. The van der Waals surface area contributed by atoms with Crippen LogP contribution in [0.15, 0.2) is 66.7 Å². The van der Waals surface area contributed by atoms with Gasteiger partial charge >= 0.3 is 0 Å². The van der Waals surface area contributed by atoms with Crippen LogP contribution in [-0.4, -0.2) is 47.0 Å². The lowest BCUT2D eigenvalue weighted by Gasteiger charge is -2.36. The Morgan fingerprint density at radius 3 is 2.36 bits per heavy atom. The largest absolute Gasteiger partial charge is 0.368 e. The SMILES string of the molecule is O=C(NC(=S)Nc1ccc(N2CCN(Cc3ccccc3Cl)CC2)c(Cl)c1)c1ccccc1[N+](=O)[O-]. The van der Waals surface area contributed by atoms with Gasteiger partial charge in [0.15, 0.2) is 5.11 Å². The minimum absolute atomic E-state index is 0.00940. The van der Waals surface area contributed by atoms with Gasteiger partial charge in [-0.3, -0.25) is 25.1 Å². The molecular weight excluding hydrogens is 521 g/mol. The van der Waals surface area contributed by atoms with Gasteiger partial charge in [-0.25, -0.2) is 0 Å². The number of piperazine rings is 1. The van der Waals surface area contributed by atoms with E-state index in [1.807, 2.05) is 36.4 Å². The highest BCUT2D eigenvalue weighted by Gasteiger charge is 2.21. The molecule has 0 atom stereocenters. The number of halogens is 2. The van der Waals surface area contributed by atoms with Crippen LogP contribution in [0.4, 0.5) is 17.1 Å². The molecule has 0 saturated carbocycles. The van der Waals surface area contributed by atoms with Crippen LogP contribution in [0, 0.1) is 10.1 Å². The first-order chi connectivity index (χ1) is 17.3. The third kappa shape index (κ3) is 6.30. The van der Waals surface area contributed by atoms with Crippen LogP contribution >= 0.6 is 35.4 Å². The third-order valence-electron chi connectivity index (χ3n) is 5.84. The van der Waals surface area contributed by atoms with E-state index in [9.17, 15) is 14.9 Å². The van der Waals surface area contributed by atoms with E-state index in [1.165, 1.54) is 18.2 Å². The van der Waals surface area contributed by atoms with Gasteiger partial charge in [-0.05, 0) is 48.1 Å². The lowest BCUT2D eigenvalue weighted by atomic mass is 10.1. The van der Waals surface area contributed by atoms with Gasteiger partial charge in [-0.2, -0.15) is 0 Å². The van der Waals surface area contributed by atoms with E-state index in [0.29, 0.717) is 10.7 Å². The lowest BCUT2D eigenvalue weighted by Crippen LogP contribution is -2.46. The Labute approximate surface area is 223 Å². The number of hydrogen-bond acceptors (Lipinski definition) is 6. The number of rotatable bonds is 6. The van der Waals surface area contributed by atoms with Gasteiger partial charge in [-0.15, -0.1) is 0 Å². The lowest BCUT2D eigenvalue weighted by molar-refractivity contribution is -0.385. The van der Waals surface area contributed by atoms with Crippen LogP contribution in [0.3, 0.4) is 0 Å². The van der Waals surface area contributed by atoms with Crippen molar-refractivity contribution < 1.29 is 9.72 Å². The summed E-state index contributed by atoms with van der Waals surface area (Å²) in [5.41, 5.74) is 2.25. The third-order valence-corrected chi connectivity index (χ3v) is 6.72. The molecule has 36 heavy (non-hydrogen) atoms. The molecular formula is C25H23Cl2N5O3S. The number of carbonyl (C=O) groups excluding carboxylic acids is 1. The molecule has 8 nitrogen and oxygen atoms in total. The number of thiocarbonyl (C=S) groups is 1. The number of benzene rings is 3. The van der Waals surface area contributed by atoms with E-state index in [1.54, 1.807) is 12.1 Å². The van der Waals surface area contributed by atoms with Crippen LogP contribution in [0.1, 0.15) is 15.9 Å². The number of hydrogen-bond donors (Lipinski definition) is 2. The molecule has 1 fully saturated rings. The van der Waals surface area contributed by atoms with Gasteiger partial charge in [-0.1, -0.05) is 53.5 Å². The maximum absolute atomic E-state index is 12.5. The van der Waals surface area contributed by atoms with Crippen LogP contribution in [0.25, 0.3) is 0 Å². The Morgan fingerprint density at radius 2 is 1.67 bits per heavy atom. The quantitative estimate of drug-likeness (QED) is 0.246. The first-order valence-corrected chi connectivity index (χ1v) is 12.3. The van der Waals surface area contributed by atoms with Crippen molar-refractivity contribution in [1.29, 1.82) is 0 Å². The molecule has 11 heteroatoms. The molecule has 0 unspecified atom stereocenters. The van der Waals surface area contributed by atoms with E-state index >= 15 is 0 Å². The molecule has 1 amide bonds. The number of nitro groups is 1. The van der Waals surface area contributed by atoms with Crippen molar-refractivity contribution in [2.45, 2.75) is 6.54 Å². The Balaban J connectivity index is 1.33. The zero-order valence-electron chi connectivity index (χ0n) is 19.1. The van der Waals surface area contributed by atoms with E-state index < -0.39 is 10.8 Å². The highest BCUT2D eigenvalue weighted by atomic mass is 35.5. The Bertz CT molecular complexity index is 1300. The fourth-order valence-electron chi connectivity index (χ4n) is 4.01. The van der Waals surface area contributed by atoms with Crippen LogP contribution in [0.5, 0.6) is 0 Å². The number of para-hydroxylation sites is 1. The number of amides is 1. The van der Waals surface area contributed by atoms with E-state index in [4.69, 9.17) is 35.4 Å². The topological polar surface area (TPSA) is 90.8 Å². The summed E-state index contributed by atoms with van der Waals surface area (Å²) >= 11 is 18.1. The highest BCUT2D eigenvalue weighted by molar-refractivity contribution is 7.80. The molecule has 0 radical (unpaired) electrons. The summed E-state index contributed by atoms with van der Waals surface area (Å²) in [6.07, 6.45) is 0. The van der Waals surface area contributed by atoms with Crippen molar-refractivity contribution in [3.05, 3.63) is 98.0 Å². The molecule has 4 rings (SSSR count). The molecule has 1 heterocycles. The fraction of sp³-hybridized carbons (Fsp3) is 0.200. The maximum Gasteiger partial charge on any atom is 0.282 e. The molecule has 0 bridgehead atoms. The summed E-state index contributed by atoms with van der Waals surface area (Å²) in [6.45, 7) is 4.20. The number of nitrogens with zero attached hydrogens (tertiary/aromatic N) is 3. The maximum atomic E-state index is 12.5. The predicted molar refractivity (Wildman–Crippen MR) is 147 cm³/mol. The van der Waals surface area contributed by atoms with Crippen molar-refractivity contribution in [3.8, 4) is 0 Å². The van der Waals surface area contributed by atoms with Gasteiger partial charge < -0.3 is 10.2 Å².